The Morgan fingerprint density at radius 1 is 1.02 bits per heavy atom. The molecule has 1 unspecified atom stereocenters. The molecular weight excluding hydrogens is 603 g/mol. The normalized spacial score (nSPS) is 17.5. The lowest BCUT2D eigenvalue weighted by Crippen LogP contribution is -2.53. The number of anilines is 2. The third-order valence-corrected chi connectivity index (χ3v) is 10.6. The molecule has 2 aromatic carbocycles. The van der Waals surface area contributed by atoms with Gasteiger partial charge in [0.2, 0.25) is 21.8 Å². The third-order valence-electron chi connectivity index (χ3n) is 7.10. The van der Waals surface area contributed by atoms with Crippen molar-refractivity contribution in [2.45, 2.75) is 61.4 Å². The number of carbonyl (C=O) groups excluding carboxylic acids is 2. The zero-order valence-corrected chi connectivity index (χ0v) is 26.0. The van der Waals surface area contributed by atoms with Gasteiger partial charge in [-0.1, -0.05) is 43.3 Å². The quantitative estimate of drug-likeness (QED) is 0.181. The second kappa shape index (κ2) is 15.7. The van der Waals surface area contributed by atoms with Crippen molar-refractivity contribution in [2.24, 2.45) is 0 Å². The van der Waals surface area contributed by atoms with Gasteiger partial charge in [-0.25, -0.2) is 18.2 Å². The number of nitrogens with zero attached hydrogens (tertiary/aromatic N) is 2. The molecule has 11 nitrogen and oxygen atoms in total. The highest BCUT2D eigenvalue weighted by atomic mass is 32.2. The van der Waals surface area contributed by atoms with Crippen LogP contribution >= 0.6 is 11.8 Å². The average Bonchev–Trinajstić information content (AvgIpc) is 3.48. The summed E-state index contributed by atoms with van der Waals surface area (Å²) < 4.78 is 28.1. The first kappa shape index (κ1) is 33.0. The van der Waals surface area contributed by atoms with Crippen LogP contribution in [0.15, 0.2) is 83.9 Å². The van der Waals surface area contributed by atoms with Gasteiger partial charge in [-0.05, 0) is 61.2 Å². The summed E-state index contributed by atoms with van der Waals surface area (Å²) in [6.07, 6.45) is 4.06. The van der Waals surface area contributed by atoms with Crippen LogP contribution in [0.3, 0.4) is 0 Å². The van der Waals surface area contributed by atoms with E-state index in [0.717, 1.165) is 12.2 Å². The molecule has 234 valence electrons. The number of pyridine rings is 1. The van der Waals surface area contributed by atoms with Crippen molar-refractivity contribution in [3.8, 4) is 0 Å². The molecule has 0 radical (unpaired) electrons. The van der Waals surface area contributed by atoms with Crippen LogP contribution in [0.4, 0.5) is 11.5 Å². The number of aliphatic carboxylic acids is 1. The van der Waals surface area contributed by atoms with Crippen LogP contribution in [0.25, 0.3) is 0 Å². The van der Waals surface area contributed by atoms with E-state index >= 15 is 0 Å². The maximum absolute atomic E-state index is 13.5. The highest BCUT2D eigenvalue weighted by Gasteiger charge is 2.46. The fourth-order valence-electron chi connectivity index (χ4n) is 4.82. The summed E-state index contributed by atoms with van der Waals surface area (Å²) in [7, 11) is -3.98. The number of carboxylic acids is 1. The van der Waals surface area contributed by atoms with E-state index in [4.69, 9.17) is 0 Å². The highest BCUT2D eigenvalue weighted by molar-refractivity contribution is 8.01. The van der Waals surface area contributed by atoms with E-state index in [2.05, 4.69) is 20.9 Å². The molecule has 1 saturated heterocycles. The lowest BCUT2D eigenvalue weighted by molar-refractivity contribution is -0.142. The second-order valence-corrected chi connectivity index (χ2v) is 13.4. The zero-order valence-electron chi connectivity index (χ0n) is 24.4. The fraction of sp³-hybridized carbons (Fsp3) is 0.355. The first-order chi connectivity index (χ1) is 21.2. The summed E-state index contributed by atoms with van der Waals surface area (Å²) in [6, 6.07) is 18.0. The molecule has 1 aromatic heterocycles. The second-order valence-electron chi connectivity index (χ2n) is 10.3. The molecule has 3 aromatic rings. The van der Waals surface area contributed by atoms with Gasteiger partial charge in [-0.15, -0.1) is 11.8 Å². The predicted octanol–water partition coefficient (Wildman–Crippen LogP) is 3.96. The number of carbonyl (C=O) groups is 3. The summed E-state index contributed by atoms with van der Waals surface area (Å²) in [4.78, 5) is 42.1. The summed E-state index contributed by atoms with van der Waals surface area (Å²) in [5, 5.41) is 18.0. The number of benzene rings is 2. The lowest BCUT2D eigenvalue weighted by atomic mass is 10.0. The fourth-order valence-corrected chi connectivity index (χ4v) is 8.39. The van der Waals surface area contributed by atoms with E-state index in [9.17, 15) is 27.9 Å². The molecule has 1 fully saturated rings. The van der Waals surface area contributed by atoms with Crippen LogP contribution in [0.1, 0.15) is 38.2 Å². The number of carboxylic acid groups (broad SMARTS) is 1. The van der Waals surface area contributed by atoms with Crippen LogP contribution in [0.5, 0.6) is 0 Å². The molecule has 0 saturated carbocycles. The molecule has 0 aliphatic carbocycles. The number of rotatable bonds is 15. The van der Waals surface area contributed by atoms with Crippen LogP contribution in [-0.4, -0.2) is 70.4 Å². The molecule has 4 N–H and O–H groups in total. The van der Waals surface area contributed by atoms with Gasteiger partial charge in [0, 0.05) is 37.0 Å². The summed E-state index contributed by atoms with van der Waals surface area (Å²) in [5.74, 6) is -0.996. The summed E-state index contributed by atoms with van der Waals surface area (Å²) >= 11 is 1.36. The van der Waals surface area contributed by atoms with Crippen LogP contribution in [-0.2, 0) is 30.8 Å². The standard InChI is InChI=1S/C31H37N5O6S2/c1-2-29-36(44(41,42)24-10-4-3-5-11-24)26(21-43-29)30(38)35-25(31(39)40)20-22-14-16-23(17-15-22)34-28(37)13-7-9-19-33-27-12-6-8-18-32-27/h3-6,8,10-12,14-18,25-26,29H,2,7,9,13,19-21H2,1H3,(H,32,33)(H,34,37)(H,35,38)(H,39,40)/t25-,26-,29?/m0/s1. The molecule has 2 heterocycles. The Bertz CT molecular complexity index is 1510. The molecule has 13 heteroatoms. The van der Waals surface area contributed by atoms with Crippen molar-refractivity contribution >= 4 is 51.1 Å². The van der Waals surface area contributed by atoms with E-state index in [-0.39, 0.29) is 23.0 Å². The van der Waals surface area contributed by atoms with Gasteiger partial charge in [0.1, 0.15) is 17.9 Å². The van der Waals surface area contributed by atoms with E-state index in [0.29, 0.717) is 37.1 Å². The molecule has 2 amide bonds. The number of sulfonamides is 1. The smallest absolute Gasteiger partial charge is 0.326 e. The average molecular weight is 640 g/mol. The van der Waals surface area contributed by atoms with Gasteiger partial charge in [0.25, 0.3) is 0 Å². The number of amides is 2. The van der Waals surface area contributed by atoms with E-state index < -0.39 is 39.4 Å². The molecule has 1 aliphatic rings. The minimum absolute atomic E-state index is 0.0128. The lowest BCUT2D eigenvalue weighted by Gasteiger charge is -2.28. The number of aromatic nitrogens is 1. The Morgan fingerprint density at radius 3 is 2.41 bits per heavy atom. The van der Waals surface area contributed by atoms with Crippen molar-refractivity contribution < 1.29 is 27.9 Å². The van der Waals surface area contributed by atoms with E-state index in [1.807, 2.05) is 25.1 Å². The SMILES string of the molecule is CCC1SC[C@@H](C(=O)N[C@@H](Cc2ccc(NC(=O)CCCCNc3ccccn3)cc2)C(=O)O)N1S(=O)(=O)c1ccccc1. The van der Waals surface area contributed by atoms with Crippen molar-refractivity contribution in [3.05, 3.63) is 84.6 Å². The zero-order chi connectivity index (χ0) is 31.5. The number of hydrogen-bond donors (Lipinski definition) is 4. The Hall–Kier alpha value is -3.94. The highest BCUT2D eigenvalue weighted by Crippen LogP contribution is 2.36. The molecule has 0 bridgehead atoms. The van der Waals surface area contributed by atoms with Crippen molar-refractivity contribution in [1.29, 1.82) is 0 Å². The Balaban J connectivity index is 1.30. The molecular formula is C31H37N5O6S2. The summed E-state index contributed by atoms with van der Waals surface area (Å²) in [5.41, 5.74) is 1.22. The monoisotopic (exact) mass is 639 g/mol. The third kappa shape index (κ3) is 8.80. The van der Waals surface area contributed by atoms with E-state index in [1.54, 1.807) is 48.7 Å². The van der Waals surface area contributed by atoms with E-state index in [1.165, 1.54) is 28.2 Å². The molecule has 3 atom stereocenters. The van der Waals surface area contributed by atoms with Crippen molar-refractivity contribution in [1.82, 2.24) is 14.6 Å². The van der Waals surface area contributed by atoms with Crippen molar-refractivity contribution in [2.75, 3.05) is 22.9 Å². The molecule has 0 spiro atoms. The molecule has 44 heavy (non-hydrogen) atoms. The first-order valence-electron chi connectivity index (χ1n) is 14.5. The molecule has 4 rings (SSSR count). The minimum Gasteiger partial charge on any atom is -0.480 e. The van der Waals surface area contributed by atoms with Gasteiger partial charge in [0.05, 0.1) is 10.3 Å². The Kier molecular flexibility index (Phi) is 11.8. The van der Waals surface area contributed by atoms with Crippen LogP contribution in [0.2, 0.25) is 0 Å². The Labute approximate surface area is 261 Å². The Morgan fingerprint density at radius 2 is 1.75 bits per heavy atom. The first-order valence-corrected chi connectivity index (χ1v) is 16.9. The van der Waals surface area contributed by atoms with Crippen LogP contribution < -0.4 is 16.0 Å². The van der Waals surface area contributed by atoms with Gasteiger partial charge in [-0.2, -0.15) is 4.31 Å². The maximum Gasteiger partial charge on any atom is 0.326 e. The number of thioether (sulfide) groups is 1. The van der Waals surface area contributed by atoms with Crippen molar-refractivity contribution in [3.63, 3.8) is 0 Å². The minimum atomic E-state index is -3.98. The van der Waals surface area contributed by atoms with Gasteiger partial charge < -0.3 is 21.1 Å². The van der Waals surface area contributed by atoms with Gasteiger partial charge in [-0.3, -0.25) is 9.59 Å². The largest absolute Gasteiger partial charge is 0.480 e. The predicted molar refractivity (Wildman–Crippen MR) is 171 cm³/mol. The maximum atomic E-state index is 13.5. The van der Waals surface area contributed by atoms with Gasteiger partial charge in [0.15, 0.2) is 0 Å². The number of hydrogen-bond acceptors (Lipinski definition) is 8. The molecule has 1 aliphatic heterocycles. The summed E-state index contributed by atoms with van der Waals surface area (Å²) in [6.45, 7) is 2.56. The van der Waals surface area contributed by atoms with Gasteiger partial charge >= 0.3 is 5.97 Å². The number of nitrogens with one attached hydrogen (secondary N) is 3. The number of unbranched alkanes of at least 4 members (excludes halogenated alkanes) is 1. The topological polar surface area (TPSA) is 158 Å². The van der Waals surface area contributed by atoms with Crippen LogP contribution in [0, 0.1) is 0 Å².